The van der Waals surface area contributed by atoms with Gasteiger partial charge in [-0.1, -0.05) is 29.7 Å². The van der Waals surface area contributed by atoms with Crippen LogP contribution in [0.2, 0.25) is 5.02 Å². The smallest absolute Gasteiger partial charge is 0.266 e. The van der Waals surface area contributed by atoms with E-state index in [1.807, 2.05) is 17.0 Å². The van der Waals surface area contributed by atoms with E-state index < -0.39 is 20.5 Å². The summed E-state index contributed by atoms with van der Waals surface area (Å²) in [5.74, 6) is 5.02. The van der Waals surface area contributed by atoms with E-state index in [1.165, 1.54) is 24.3 Å². The Morgan fingerprint density at radius 3 is 2.53 bits per heavy atom. The van der Waals surface area contributed by atoms with Crippen molar-refractivity contribution < 1.29 is 23.2 Å². The number of hydrogen-bond donors (Lipinski definition) is 2. The molecule has 7 nitrogen and oxygen atoms in total. The Morgan fingerprint density at radius 2 is 1.91 bits per heavy atom. The lowest BCUT2D eigenvalue weighted by atomic mass is 9.95. The average molecular weight is 477 g/mol. The Balaban J connectivity index is 1.88. The van der Waals surface area contributed by atoms with E-state index in [-0.39, 0.29) is 24.5 Å². The third-order valence-electron chi connectivity index (χ3n) is 5.50. The Kier molecular flexibility index (Phi) is 7.80. The largest absolute Gasteiger partial charge is 0.481 e. The Hall–Kier alpha value is -2.57. The number of carbonyl (C=O) groups excluding carboxylic acids is 1. The summed E-state index contributed by atoms with van der Waals surface area (Å²) in [5.41, 5.74) is 2.53. The molecule has 2 aromatic rings. The van der Waals surface area contributed by atoms with E-state index in [4.69, 9.17) is 16.3 Å². The van der Waals surface area contributed by atoms with Gasteiger partial charge in [-0.3, -0.25) is 14.9 Å². The number of hydrogen-bond acceptors (Lipinski definition) is 6. The normalized spacial score (nSPS) is 19.0. The molecule has 2 aromatic carbocycles. The van der Waals surface area contributed by atoms with E-state index in [0.29, 0.717) is 30.3 Å². The van der Waals surface area contributed by atoms with Gasteiger partial charge in [-0.2, -0.15) is 0 Å². The maximum Gasteiger partial charge on any atom is 0.266 e. The van der Waals surface area contributed by atoms with Crippen molar-refractivity contribution >= 4 is 27.3 Å². The minimum atomic E-state index is -4.13. The van der Waals surface area contributed by atoms with Crippen molar-refractivity contribution in [2.75, 3.05) is 19.7 Å². The van der Waals surface area contributed by atoms with Crippen LogP contribution in [-0.2, 0) is 21.2 Å². The lowest BCUT2D eigenvalue weighted by Crippen LogP contribution is -2.60. The number of piperidine rings is 1. The standard InChI is InChI=1S/C23H25ClN2O5S/c1-2-3-15-31-20-9-11-21(12-10-20)32(29,30)23(22(27)25-28)13-4-14-26(17-23)16-18-5-7-19(24)8-6-18/h5-12,28H,4,13-17H2,1H3,(H,25,27). The molecule has 0 saturated carbocycles. The van der Waals surface area contributed by atoms with Crippen LogP contribution in [0.3, 0.4) is 0 Å². The molecule has 1 atom stereocenters. The quantitative estimate of drug-likeness (QED) is 0.362. The van der Waals surface area contributed by atoms with E-state index in [1.54, 1.807) is 24.5 Å². The number of carbonyl (C=O) groups is 1. The monoisotopic (exact) mass is 476 g/mol. The predicted molar refractivity (Wildman–Crippen MR) is 121 cm³/mol. The molecule has 0 radical (unpaired) electrons. The number of likely N-dealkylation sites (tertiary alicyclic amines) is 1. The van der Waals surface area contributed by atoms with Crippen LogP contribution in [0.25, 0.3) is 0 Å². The molecule has 1 aliphatic rings. The highest BCUT2D eigenvalue weighted by Crippen LogP contribution is 2.36. The number of amides is 1. The second kappa shape index (κ2) is 10.4. The SMILES string of the molecule is CC#CCOc1ccc(S(=O)(=O)C2(C(=O)NO)CCCN(Cc3ccc(Cl)cc3)C2)cc1. The van der Waals surface area contributed by atoms with Gasteiger partial charge in [-0.25, -0.2) is 13.9 Å². The molecule has 0 aliphatic carbocycles. The molecule has 2 N–H and O–H groups in total. The zero-order valence-electron chi connectivity index (χ0n) is 17.7. The van der Waals surface area contributed by atoms with Gasteiger partial charge >= 0.3 is 0 Å². The second-order valence-electron chi connectivity index (χ2n) is 7.57. The summed E-state index contributed by atoms with van der Waals surface area (Å²) in [6, 6.07) is 13.1. The fourth-order valence-electron chi connectivity index (χ4n) is 3.85. The topological polar surface area (TPSA) is 95.9 Å². The number of sulfone groups is 1. The molecule has 0 spiro atoms. The first-order chi connectivity index (χ1) is 15.3. The third kappa shape index (κ3) is 5.08. The molecular formula is C23H25ClN2O5S. The van der Waals surface area contributed by atoms with Gasteiger partial charge in [-0.05, 0) is 68.3 Å². The number of ether oxygens (including phenoxy) is 1. The molecule has 1 fully saturated rings. The van der Waals surface area contributed by atoms with E-state index >= 15 is 0 Å². The lowest BCUT2D eigenvalue weighted by Gasteiger charge is -2.40. The number of hydroxylamine groups is 1. The van der Waals surface area contributed by atoms with Gasteiger partial charge < -0.3 is 4.74 Å². The Bertz CT molecular complexity index is 1110. The van der Waals surface area contributed by atoms with Crippen molar-refractivity contribution in [3.63, 3.8) is 0 Å². The van der Waals surface area contributed by atoms with Crippen LogP contribution in [0.1, 0.15) is 25.3 Å². The van der Waals surface area contributed by atoms with Crippen molar-refractivity contribution in [3.05, 3.63) is 59.1 Å². The highest BCUT2D eigenvalue weighted by atomic mass is 35.5. The van der Waals surface area contributed by atoms with Crippen LogP contribution < -0.4 is 10.2 Å². The summed E-state index contributed by atoms with van der Waals surface area (Å²) in [6.45, 7) is 2.93. The van der Waals surface area contributed by atoms with Crippen LogP contribution in [0, 0.1) is 11.8 Å². The van der Waals surface area contributed by atoms with Gasteiger partial charge in [0.1, 0.15) is 12.4 Å². The fraction of sp³-hybridized carbons (Fsp3) is 0.348. The molecule has 1 unspecified atom stereocenters. The van der Waals surface area contributed by atoms with Crippen molar-refractivity contribution in [1.29, 1.82) is 0 Å². The van der Waals surface area contributed by atoms with Crippen LogP contribution in [0.15, 0.2) is 53.4 Å². The minimum absolute atomic E-state index is 0.0108. The number of benzene rings is 2. The van der Waals surface area contributed by atoms with Crippen molar-refractivity contribution in [1.82, 2.24) is 10.4 Å². The van der Waals surface area contributed by atoms with Crippen LogP contribution in [0.5, 0.6) is 5.75 Å². The molecule has 3 rings (SSSR count). The zero-order chi connectivity index (χ0) is 23.2. The number of nitrogens with zero attached hydrogens (tertiary/aromatic N) is 1. The maximum absolute atomic E-state index is 13.6. The molecule has 1 heterocycles. The third-order valence-corrected chi connectivity index (χ3v) is 8.20. The summed E-state index contributed by atoms with van der Waals surface area (Å²) < 4.78 is 30.9. The van der Waals surface area contributed by atoms with Crippen molar-refractivity contribution in [2.24, 2.45) is 0 Å². The summed E-state index contributed by atoms with van der Waals surface area (Å²) in [4.78, 5) is 14.7. The van der Waals surface area contributed by atoms with Gasteiger partial charge in [0.25, 0.3) is 5.91 Å². The average Bonchev–Trinajstić information content (AvgIpc) is 2.80. The van der Waals surface area contributed by atoms with Crippen LogP contribution in [0.4, 0.5) is 0 Å². The highest BCUT2D eigenvalue weighted by molar-refractivity contribution is 7.93. The Labute approximate surface area is 193 Å². The van der Waals surface area contributed by atoms with Crippen LogP contribution >= 0.6 is 11.6 Å². The zero-order valence-corrected chi connectivity index (χ0v) is 19.2. The van der Waals surface area contributed by atoms with Gasteiger partial charge in [0.15, 0.2) is 14.6 Å². The van der Waals surface area contributed by atoms with E-state index in [9.17, 15) is 18.4 Å². The van der Waals surface area contributed by atoms with E-state index in [2.05, 4.69) is 11.8 Å². The highest BCUT2D eigenvalue weighted by Gasteiger charge is 2.53. The van der Waals surface area contributed by atoms with Gasteiger partial charge in [-0.15, -0.1) is 5.92 Å². The summed E-state index contributed by atoms with van der Waals surface area (Å²) in [5, 5.41) is 10.0. The number of nitrogens with one attached hydrogen (secondary N) is 1. The van der Waals surface area contributed by atoms with Crippen molar-refractivity contribution in [2.45, 2.75) is 36.0 Å². The molecule has 1 amide bonds. The summed E-state index contributed by atoms with van der Waals surface area (Å²) >= 11 is 5.95. The molecule has 0 bridgehead atoms. The van der Waals surface area contributed by atoms with Gasteiger partial charge in [0.2, 0.25) is 0 Å². The predicted octanol–water partition coefficient (Wildman–Crippen LogP) is 3.06. The Morgan fingerprint density at radius 1 is 1.22 bits per heavy atom. The second-order valence-corrected chi connectivity index (χ2v) is 10.3. The number of halogens is 1. The molecule has 170 valence electrons. The van der Waals surface area contributed by atoms with Gasteiger partial charge in [0.05, 0.1) is 4.90 Å². The first kappa shape index (κ1) is 24.1. The van der Waals surface area contributed by atoms with Crippen molar-refractivity contribution in [3.8, 4) is 17.6 Å². The summed E-state index contributed by atoms with van der Waals surface area (Å²) in [6.07, 6.45) is 0.584. The summed E-state index contributed by atoms with van der Waals surface area (Å²) in [7, 11) is -4.13. The lowest BCUT2D eigenvalue weighted by molar-refractivity contribution is -0.133. The molecule has 1 saturated heterocycles. The van der Waals surface area contributed by atoms with Crippen LogP contribution in [-0.4, -0.2) is 48.9 Å². The molecule has 32 heavy (non-hydrogen) atoms. The number of rotatable bonds is 7. The fourth-order valence-corrected chi connectivity index (χ4v) is 5.98. The van der Waals surface area contributed by atoms with E-state index in [0.717, 1.165) is 5.56 Å². The maximum atomic E-state index is 13.6. The minimum Gasteiger partial charge on any atom is -0.481 e. The van der Waals surface area contributed by atoms with Gasteiger partial charge in [0, 0.05) is 18.1 Å². The molecule has 9 heteroatoms. The first-order valence-electron chi connectivity index (χ1n) is 10.1. The molecular weight excluding hydrogens is 452 g/mol. The molecule has 1 aliphatic heterocycles. The first-order valence-corrected chi connectivity index (χ1v) is 12.0. The molecule has 0 aromatic heterocycles.